The molecule has 24 heavy (non-hydrogen) atoms. The van der Waals surface area contributed by atoms with E-state index in [0.717, 1.165) is 44.5 Å². The molecule has 0 N–H and O–H groups in total. The largest absolute Gasteiger partial charge is 0.477 e. The van der Waals surface area contributed by atoms with E-state index in [1.807, 2.05) is 44.7 Å². The van der Waals surface area contributed by atoms with Gasteiger partial charge in [-0.2, -0.15) is 5.10 Å². The molecule has 0 saturated carbocycles. The number of aromatic nitrogens is 2. The highest BCUT2D eigenvalue weighted by atomic mass is 16.6. The summed E-state index contributed by atoms with van der Waals surface area (Å²) < 4.78 is 11.0. The van der Waals surface area contributed by atoms with E-state index in [2.05, 4.69) is 10.2 Å². The van der Waals surface area contributed by atoms with E-state index < -0.39 is 5.60 Å². The smallest absolute Gasteiger partial charge is 0.410 e. The molecule has 1 fully saturated rings. The highest BCUT2D eigenvalue weighted by Gasteiger charge is 2.26. The fourth-order valence-electron chi connectivity index (χ4n) is 2.74. The molecular formula is C18H29N3O3. The maximum atomic E-state index is 12.0. The van der Waals surface area contributed by atoms with E-state index in [4.69, 9.17) is 9.47 Å². The third-order valence-corrected chi connectivity index (χ3v) is 4.05. The first kappa shape index (κ1) is 18.5. The zero-order chi connectivity index (χ0) is 17.6. The molecule has 0 radical (unpaired) electrons. The van der Waals surface area contributed by atoms with Gasteiger partial charge in [0, 0.05) is 19.2 Å². The molecule has 1 aromatic rings. The van der Waals surface area contributed by atoms with E-state index in [9.17, 15) is 4.79 Å². The molecule has 2 heterocycles. The Morgan fingerprint density at radius 3 is 2.54 bits per heavy atom. The number of amides is 1. The number of carbonyl (C=O) groups is 1. The molecule has 2 rings (SSSR count). The standard InChI is InChI=1S/C18H29N3O3/c1-14-7-8-16(20-19-14)23-13-5-6-15-9-11-21(12-10-15)17(22)24-18(2,3)4/h7-8,15H,5-6,9-13H2,1-4H3. The van der Waals surface area contributed by atoms with Crippen molar-refractivity contribution in [1.29, 1.82) is 0 Å². The predicted molar refractivity (Wildman–Crippen MR) is 92.0 cm³/mol. The Bertz CT molecular complexity index is 517. The summed E-state index contributed by atoms with van der Waals surface area (Å²) in [6.45, 7) is 9.82. The van der Waals surface area contributed by atoms with Crippen molar-refractivity contribution in [3.8, 4) is 5.88 Å². The molecule has 1 aliphatic rings. The van der Waals surface area contributed by atoms with Crippen LogP contribution in [0.4, 0.5) is 4.79 Å². The van der Waals surface area contributed by atoms with E-state index in [0.29, 0.717) is 18.4 Å². The van der Waals surface area contributed by atoms with Gasteiger partial charge in [0.1, 0.15) is 5.60 Å². The first-order valence-electron chi connectivity index (χ1n) is 8.74. The number of hydrogen-bond donors (Lipinski definition) is 0. The maximum Gasteiger partial charge on any atom is 0.410 e. The van der Waals surface area contributed by atoms with Gasteiger partial charge < -0.3 is 14.4 Å². The Morgan fingerprint density at radius 2 is 1.96 bits per heavy atom. The normalized spacial score (nSPS) is 16.1. The van der Waals surface area contributed by atoms with Crippen molar-refractivity contribution in [2.45, 2.75) is 59.0 Å². The number of likely N-dealkylation sites (tertiary alicyclic amines) is 1. The van der Waals surface area contributed by atoms with Gasteiger partial charge in [-0.05, 0) is 65.4 Å². The van der Waals surface area contributed by atoms with Gasteiger partial charge >= 0.3 is 6.09 Å². The van der Waals surface area contributed by atoms with Crippen LogP contribution in [0.25, 0.3) is 0 Å². The third-order valence-electron chi connectivity index (χ3n) is 4.05. The maximum absolute atomic E-state index is 12.0. The lowest BCUT2D eigenvalue weighted by Gasteiger charge is -2.33. The monoisotopic (exact) mass is 335 g/mol. The molecule has 1 aromatic heterocycles. The molecule has 1 aliphatic heterocycles. The highest BCUT2D eigenvalue weighted by Crippen LogP contribution is 2.23. The summed E-state index contributed by atoms with van der Waals surface area (Å²) in [5.74, 6) is 1.23. The first-order valence-corrected chi connectivity index (χ1v) is 8.74. The summed E-state index contributed by atoms with van der Waals surface area (Å²) in [5, 5.41) is 7.96. The zero-order valence-corrected chi connectivity index (χ0v) is 15.2. The molecule has 0 aliphatic carbocycles. The quantitative estimate of drug-likeness (QED) is 0.769. The minimum Gasteiger partial charge on any atom is -0.477 e. The summed E-state index contributed by atoms with van der Waals surface area (Å²) in [5.41, 5.74) is 0.462. The lowest BCUT2D eigenvalue weighted by Crippen LogP contribution is -2.41. The summed E-state index contributed by atoms with van der Waals surface area (Å²) in [6.07, 6.45) is 3.98. The first-order chi connectivity index (χ1) is 11.3. The predicted octanol–water partition coefficient (Wildman–Crippen LogP) is 3.59. The van der Waals surface area contributed by atoms with E-state index >= 15 is 0 Å². The van der Waals surface area contributed by atoms with Crippen molar-refractivity contribution in [3.63, 3.8) is 0 Å². The lowest BCUT2D eigenvalue weighted by atomic mass is 9.92. The molecule has 0 bridgehead atoms. The molecular weight excluding hydrogens is 306 g/mol. The van der Waals surface area contributed by atoms with E-state index in [1.165, 1.54) is 0 Å². The fraction of sp³-hybridized carbons (Fsp3) is 0.722. The average molecular weight is 335 g/mol. The second-order valence-electron chi connectivity index (χ2n) is 7.41. The Hall–Kier alpha value is -1.85. The molecule has 0 atom stereocenters. The van der Waals surface area contributed by atoms with Gasteiger partial charge in [0.25, 0.3) is 0 Å². The molecule has 6 heteroatoms. The minimum atomic E-state index is -0.426. The second-order valence-corrected chi connectivity index (χ2v) is 7.41. The second kappa shape index (κ2) is 8.31. The van der Waals surface area contributed by atoms with Crippen molar-refractivity contribution in [2.24, 2.45) is 5.92 Å². The highest BCUT2D eigenvalue weighted by molar-refractivity contribution is 5.68. The SMILES string of the molecule is Cc1ccc(OCCCC2CCN(C(=O)OC(C)(C)C)CC2)nn1. The van der Waals surface area contributed by atoms with Gasteiger partial charge in [-0.3, -0.25) is 0 Å². The van der Waals surface area contributed by atoms with Crippen LogP contribution in [0.5, 0.6) is 5.88 Å². The Morgan fingerprint density at radius 1 is 1.25 bits per heavy atom. The summed E-state index contributed by atoms with van der Waals surface area (Å²) >= 11 is 0. The number of hydrogen-bond acceptors (Lipinski definition) is 5. The number of carbonyl (C=O) groups excluding carboxylic acids is 1. The Labute approximate surface area is 144 Å². The molecule has 1 amide bonds. The Balaban J connectivity index is 1.61. The molecule has 6 nitrogen and oxygen atoms in total. The van der Waals surface area contributed by atoms with Crippen LogP contribution in [0, 0.1) is 12.8 Å². The van der Waals surface area contributed by atoms with Crippen LogP contribution in [0.3, 0.4) is 0 Å². The molecule has 1 saturated heterocycles. The van der Waals surface area contributed by atoms with Crippen molar-refractivity contribution >= 4 is 6.09 Å². The van der Waals surface area contributed by atoms with E-state index in [-0.39, 0.29) is 6.09 Å². The summed E-state index contributed by atoms with van der Waals surface area (Å²) in [4.78, 5) is 13.9. The van der Waals surface area contributed by atoms with Crippen molar-refractivity contribution < 1.29 is 14.3 Å². The fourth-order valence-corrected chi connectivity index (χ4v) is 2.74. The van der Waals surface area contributed by atoms with Gasteiger partial charge in [-0.15, -0.1) is 5.10 Å². The van der Waals surface area contributed by atoms with Gasteiger partial charge in [-0.25, -0.2) is 4.79 Å². The van der Waals surface area contributed by atoms with Gasteiger partial charge in [0.15, 0.2) is 0 Å². The third kappa shape index (κ3) is 6.34. The van der Waals surface area contributed by atoms with Gasteiger partial charge in [0.2, 0.25) is 5.88 Å². The number of rotatable bonds is 5. The summed E-state index contributed by atoms with van der Waals surface area (Å²) in [6, 6.07) is 3.75. The van der Waals surface area contributed by atoms with Crippen LogP contribution >= 0.6 is 0 Å². The van der Waals surface area contributed by atoms with Crippen molar-refractivity contribution in [1.82, 2.24) is 15.1 Å². The van der Waals surface area contributed by atoms with Crippen LogP contribution in [0.15, 0.2) is 12.1 Å². The van der Waals surface area contributed by atoms with Crippen LogP contribution in [-0.2, 0) is 4.74 Å². The Kier molecular flexibility index (Phi) is 6.40. The van der Waals surface area contributed by atoms with E-state index in [1.54, 1.807) is 0 Å². The van der Waals surface area contributed by atoms with Crippen LogP contribution in [0.2, 0.25) is 0 Å². The summed E-state index contributed by atoms with van der Waals surface area (Å²) in [7, 11) is 0. The van der Waals surface area contributed by atoms with Gasteiger partial charge in [0.05, 0.1) is 12.3 Å². The number of ether oxygens (including phenoxy) is 2. The number of aryl methyl sites for hydroxylation is 1. The van der Waals surface area contributed by atoms with Gasteiger partial charge in [-0.1, -0.05) is 0 Å². The molecule has 134 valence electrons. The van der Waals surface area contributed by atoms with Crippen LogP contribution in [0.1, 0.15) is 52.1 Å². The molecule has 0 unspecified atom stereocenters. The van der Waals surface area contributed by atoms with Crippen molar-refractivity contribution in [3.05, 3.63) is 17.8 Å². The molecule has 0 aromatic carbocycles. The number of nitrogens with zero attached hydrogens (tertiary/aromatic N) is 3. The van der Waals surface area contributed by atoms with Crippen LogP contribution < -0.4 is 4.74 Å². The lowest BCUT2D eigenvalue weighted by molar-refractivity contribution is 0.0179. The molecule has 0 spiro atoms. The minimum absolute atomic E-state index is 0.192. The van der Waals surface area contributed by atoms with Crippen molar-refractivity contribution in [2.75, 3.05) is 19.7 Å². The average Bonchev–Trinajstić information content (AvgIpc) is 2.52. The number of piperidine rings is 1. The van der Waals surface area contributed by atoms with Crippen LogP contribution in [-0.4, -0.2) is 46.5 Å². The zero-order valence-electron chi connectivity index (χ0n) is 15.2. The topological polar surface area (TPSA) is 64.5 Å².